The van der Waals surface area contributed by atoms with Gasteiger partial charge in [0.15, 0.2) is 0 Å². The van der Waals surface area contributed by atoms with Gasteiger partial charge in [-0.05, 0) is 48.0 Å². The molecule has 26 heavy (non-hydrogen) atoms. The number of aromatic nitrogens is 5. The minimum atomic E-state index is -4.78. The van der Waals surface area contributed by atoms with E-state index in [-0.39, 0.29) is 11.6 Å². The number of carbonyl (C=O) groups is 1. The molecule has 0 spiro atoms. The van der Waals surface area contributed by atoms with Gasteiger partial charge in [-0.2, -0.15) is 0 Å². The molecule has 11 heteroatoms. The van der Waals surface area contributed by atoms with Gasteiger partial charge in [0, 0.05) is 6.20 Å². The molecule has 3 rings (SSSR count). The Kier molecular flexibility index (Phi) is 4.52. The predicted molar refractivity (Wildman–Crippen MR) is 82.8 cm³/mol. The van der Waals surface area contributed by atoms with Gasteiger partial charge in [0.05, 0.1) is 5.69 Å². The largest absolute Gasteiger partial charge is 0.573 e. The Morgan fingerprint density at radius 3 is 2.58 bits per heavy atom. The second-order valence-electron chi connectivity index (χ2n) is 5.07. The third kappa shape index (κ3) is 4.12. The quantitative estimate of drug-likeness (QED) is 0.764. The van der Waals surface area contributed by atoms with E-state index in [0.717, 1.165) is 22.5 Å². The van der Waals surface area contributed by atoms with Crippen LogP contribution in [0.5, 0.6) is 5.75 Å². The maximum atomic E-state index is 12.2. The zero-order chi connectivity index (χ0) is 18.7. The third-order valence-electron chi connectivity index (χ3n) is 3.16. The first-order chi connectivity index (χ1) is 12.3. The van der Waals surface area contributed by atoms with Crippen LogP contribution in [0.3, 0.4) is 0 Å². The van der Waals surface area contributed by atoms with Crippen molar-refractivity contribution in [2.45, 2.75) is 13.3 Å². The summed E-state index contributed by atoms with van der Waals surface area (Å²) in [7, 11) is 0. The Bertz CT molecular complexity index is 924. The van der Waals surface area contributed by atoms with Crippen LogP contribution in [0.2, 0.25) is 0 Å². The number of halogens is 3. The number of nitrogens with zero attached hydrogens (tertiary/aromatic N) is 5. The van der Waals surface area contributed by atoms with Gasteiger partial charge in [-0.3, -0.25) is 4.79 Å². The summed E-state index contributed by atoms with van der Waals surface area (Å²) in [5.41, 5.74) is 1.06. The Balaban J connectivity index is 1.73. The molecular formula is C15H11F3N6O2. The highest BCUT2D eigenvalue weighted by Gasteiger charge is 2.31. The summed E-state index contributed by atoms with van der Waals surface area (Å²) < 4.78 is 40.2. The Morgan fingerprint density at radius 2 is 1.92 bits per heavy atom. The van der Waals surface area contributed by atoms with E-state index >= 15 is 0 Å². The normalized spacial score (nSPS) is 11.2. The maximum absolute atomic E-state index is 12.2. The fourth-order valence-electron chi connectivity index (χ4n) is 1.98. The topological polar surface area (TPSA) is 94.8 Å². The van der Waals surface area contributed by atoms with Gasteiger partial charge in [0.25, 0.3) is 11.7 Å². The molecule has 2 aromatic heterocycles. The van der Waals surface area contributed by atoms with Crippen molar-refractivity contribution in [1.82, 2.24) is 25.2 Å². The van der Waals surface area contributed by atoms with Crippen molar-refractivity contribution in [3.8, 4) is 11.4 Å². The van der Waals surface area contributed by atoms with Crippen molar-refractivity contribution < 1.29 is 22.7 Å². The molecule has 134 valence electrons. The Labute approximate surface area is 144 Å². The lowest BCUT2D eigenvalue weighted by atomic mass is 10.3. The molecule has 0 fully saturated rings. The van der Waals surface area contributed by atoms with E-state index in [2.05, 4.69) is 30.4 Å². The highest BCUT2D eigenvalue weighted by Crippen LogP contribution is 2.23. The van der Waals surface area contributed by atoms with E-state index in [0.29, 0.717) is 11.5 Å². The lowest BCUT2D eigenvalue weighted by Gasteiger charge is -2.08. The van der Waals surface area contributed by atoms with Crippen molar-refractivity contribution in [2.75, 3.05) is 5.32 Å². The first-order valence-electron chi connectivity index (χ1n) is 7.21. The SMILES string of the molecule is Cc1cccnc1NC(=O)c1nnn(-c2ccc(OC(F)(F)F)cc2)n1. The number of pyridine rings is 1. The van der Waals surface area contributed by atoms with E-state index in [1.807, 2.05) is 0 Å². The van der Waals surface area contributed by atoms with Gasteiger partial charge in [0.1, 0.15) is 11.6 Å². The van der Waals surface area contributed by atoms with Crippen LogP contribution in [-0.4, -0.2) is 37.5 Å². The fourth-order valence-corrected chi connectivity index (χ4v) is 1.98. The number of anilines is 1. The number of aryl methyl sites for hydroxylation is 1. The highest BCUT2D eigenvalue weighted by atomic mass is 19.4. The molecule has 0 bridgehead atoms. The zero-order valence-corrected chi connectivity index (χ0v) is 13.2. The Hall–Kier alpha value is -3.50. The van der Waals surface area contributed by atoms with Crippen LogP contribution in [0.25, 0.3) is 5.69 Å². The molecule has 1 N–H and O–H groups in total. The lowest BCUT2D eigenvalue weighted by molar-refractivity contribution is -0.274. The van der Waals surface area contributed by atoms with E-state index in [9.17, 15) is 18.0 Å². The first kappa shape index (κ1) is 17.3. The van der Waals surface area contributed by atoms with Crippen molar-refractivity contribution in [1.29, 1.82) is 0 Å². The minimum absolute atomic E-state index is 0.217. The standard InChI is InChI=1S/C15H11F3N6O2/c1-9-3-2-8-19-12(9)20-14(25)13-21-23-24(22-13)10-4-6-11(7-5-10)26-15(16,17)18/h2-8H,1H3,(H,19,20,25). The monoisotopic (exact) mass is 364 g/mol. The number of tetrazole rings is 1. The number of benzene rings is 1. The molecule has 0 saturated carbocycles. The van der Waals surface area contributed by atoms with Crippen LogP contribution < -0.4 is 10.1 Å². The molecule has 0 aliphatic heterocycles. The molecule has 0 unspecified atom stereocenters. The van der Waals surface area contributed by atoms with Crippen LogP contribution >= 0.6 is 0 Å². The van der Waals surface area contributed by atoms with E-state index in [1.54, 1.807) is 19.1 Å². The molecule has 1 amide bonds. The molecular weight excluding hydrogens is 353 g/mol. The fraction of sp³-hybridized carbons (Fsp3) is 0.133. The number of alkyl halides is 3. The number of nitrogens with one attached hydrogen (secondary N) is 1. The van der Waals surface area contributed by atoms with Crippen LogP contribution in [0.15, 0.2) is 42.6 Å². The summed E-state index contributed by atoms with van der Waals surface area (Å²) in [5, 5.41) is 13.8. The molecule has 0 atom stereocenters. The van der Waals surface area contributed by atoms with Gasteiger partial charge >= 0.3 is 6.36 Å². The number of amides is 1. The summed E-state index contributed by atoms with van der Waals surface area (Å²) in [6, 6.07) is 8.30. The number of rotatable bonds is 4. The predicted octanol–water partition coefficient (Wildman–Crippen LogP) is 2.52. The van der Waals surface area contributed by atoms with Crippen LogP contribution in [0.4, 0.5) is 19.0 Å². The lowest BCUT2D eigenvalue weighted by Crippen LogP contribution is -2.17. The summed E-state index contributed by atoms with van der Waals surface area (Å²) in [6.07, 6.45) is -3.25. The summed E-state index contributed by atoms with van der Waals surface area (Å²) >= 11 is 0. The maximum Gasteiger partial charge on any atom is 0.573 e. The van der Waals surface area contributed by atoms with Crippen molar-refractivity contribution >= 4 is 11.7 Å². The van der Waals surface area contributed by atoms with Crippen molar-refractivity contribution in [2.24, 2.45) is 0 Å². The van der Waals surface area contributed by atoms with E-state index in [1.165, 1.54) is 18.3 Å². The number of carbonyl (C=O) groups excluding carboxylic acids is 1. The second-order valence-corrected chi connectivity index (χ2v) is 5.07. The second kappa shape index (κ2) is 6.78. The zero-order valence-electron chi connectivity index (χ0n) is 13.2. The minimum Gasteiger partial charge on any atom is -0.406 e. The van der Waals surface area contributed by atoms with E-state index in [4.69, 9.17) is 0 Å². The van der Waals surface area contributed by atoms with Crippen LogP contribution in [0.1, 0.15) is 16.2 Å². The van der Waals surface area contributed by atoms with Gasteiger partial charge in [-0.25, -0.2) is 4.98 Å². The molecule has 2 heterocycles. The molecule has 0 radical (unpaired) electrons. The van der Waals surface area contributed by atoms with Gasteiger partial charge < -0.3 is 10.1 Å². The number of ether oxygens (including phenoxy) is 1. The summed E-state index contributed by atoms with van der Waals surface area (Å²) in [5.74, 6) is -0.854. The average Bonchev–Trinajstić information content (AvgIpc) is 3.06. The van der Waals surface area contributed by atoms with Crippen LogP contribution in [0, 0.1) is 6.92 Å². The Morgan fingerprint density at radius 1 is 1.19 bits per heavy atom. The molecule has 8 nitrogen and oxygen atoms in total. The molecule has 1 aromatic carbocycles. The van der Waals surface area contributed by atoms with E-state index < -0.39 is 12.3 Å². The first-order valence-corrected chi connectivity index (χ1v) is 7.21. The molecule has 3 aromatic rings. The highest BCUT2D eigenvalue weighted by molar-refractivity contribution is 6.01. The number of hydrogen-bond acceptors (Lipinski definition) is 6. The summed E-state index contributed by atoms with van der Waals surface area (Å²) in [6.45, 7) is 1.78. The smallest absolute Gasteiger partial charge is 0.406 e. The molecule has 0 aliphatic carbocycles. The molecule has 0 aliphatic rings. The average molecular weight is 364 g/mol. The van der Waals surface area contributed by atoms with Gasteiger partial charge in [-0.15, -0.1) is 28.2 Å². The van der Waals surface area contributed by atoms with Crippen molar-refractivity contribution in [3.63, 3.8) is 0 Å². The van der Waals surface area contributed by atoms with Gasteiger partial charge in [0.2, 0.25) is 0 Å². The van der Waals surface area contributed by atoms with Gasteiger partial charge in [-0.1, -0.05) is 6.07 Å². The third-order valence-corrected chi connectivity index (χ3v) is 3.16. The van der Waals surface area contributed by atoms with Crippen molar-refractivity contribution in [3.05, 3.63) is 54.0 Å². The summed E-state index contributed by atoms with van der Waals surface area (Å²) in [4.78, 5) is 17.2. The van der Waals surface area contributed by atoms with Crippen LogP contribution in [-0.2, 0) is 0 Å². The number of hydrogen-bond donors (Lipinski definition) is 1. The molecule has 0 saturated heterocycles.